The average molecular weight is 557 g/mol. The van der Waals surface area contributed by atoms with Gasteiger partial charge in [-0.2, -0.15) is 0 Å². The zero-order valence-electron chi connectivity index (χ0n) is 23.4. The molecule has 0 radical (unpaired) electrons. The third-order valence-corrected chi connectivity index (χ3v) is 8.35. The van der Waals surface area contributed by atoms with Crippen LogP contribution in [0.1, 0.15) is 47.8 Å². The first-order valence-corrected chi connectivity index (χ1v) is 14.7. The first-order valence-electron chi connectivity index (χ1n) is 13.3. The van der Waals surface area contributed by atoms with Gasteiger partial charge in [-0.3, -0.25) is 9.10 Å². The summed E-state index contributed by atoms with van der Waals surface area (Å²) in [4.78, 5) is 13.5. The van der Waals surface area contributed by atoms with Gasteiger partial charge in [0.2, 0.25) is 0 Å². The highest BCUT2D eigenvalue weighted by Crippen LogP contribution is 2.29. The molecule has 0 aliphatic carbocycles. The van der Waals surface area contributed by atoms with Gasteiger partial charge in [0.1, 0.15) is 12.4 Å². The molecule has 1 amide bonds. The van der Waals surface area contributed by atoms with Crippen LogP contribution in [-0.4, -0.2) is 27.5 Å². The molecular weight excluding hydrogens is 520 g/mol. The summed E-state index contributed by atoms with van der Waals surface area (Å²) in [5.74, 6) is 0.348. The largest absolute Gasteiger partial charge is 0.492 e. The van der Waals surface area contributed by atoms with Crippen molar-refractivity contribution < 1.29 is 17.9 Å². The van der Waals surface area contributed by atoms with E-state index in [-0.39, 0.29) is 41.5 Å². The molecule has 208 valence electrons. The fourth-order valence-corrected chi connectivity index (χ4v) is 5.72. The second-order valence-corrected chi connectivity index (χ2v) is 12.6. The Balaban J connectivity index is 1.53. The molecule has 0 heterocycles. The number of nitrogens with one attached hydrogen (secondary N) is 1. The SMILES string of the molecule is Cc1ccc(S(=O)(=O)N(Cc2ccccc2)c2ccccc2C(=O)NCCOc2ccc(C(C)(C)C)cc2)cc1. The number of carbonyl (C=O) groups is 1. The number of sulfonamides is 1. The third-order valence-electron chi connectivity index (χ3n) is 6.57. The maximum atomic E-state index is 13.9. The van der Waals surface area contributed by atoms with Crippen molar-refractivity contribution in [1.29, 1.82) is 0 Å². The Morgan fingerprint density at radius 3 is 2.10 bits per heavy atom. The molecule has 0 spiro atoms. The van der Waals surface area contributed by atoms with Crippen LogP contribution in [0, 0.1) is 6.92 Å². The molecule has 4 aromatic carbocycles. The number of para-hydroxylation sites is 1. The standard InChI is InChI=1S/C33H36N2O4S/c1-25-14-20-29(21-15-25)40(37,38)35(24-26-10-6-5-7-11-26)31-13-9-8-12-30(31)32(36)34-22-23-39-28-18-16-27(17-19-28)33(2,3)4/h5-21H,22-24H2,1-4H3,(H,34,36). The van der Waals surface area contributed by atoms with Crippen LogP contribution in [0.15, 0.2) is 108 Å². The van der Waals surface area contributed by atoms with Crippen LogP contribution in [0.25, 0.3) is 0 Å². The Kier molecular flexibility index (Phi) is 8.95. The second kappa shape index (κ2) is 12.4. The molecule has 0 aliphatic rings. The first-order chi connectivity index (χ1) is 19.1. The minimum atomic E-state index is -3.97. The van der Waals surface area contributed by atoms with E-state index in [4.69, 9.17) is 4.74 Å². The second-order valence-electron chi connectivity index (χ2n) is 10.7. The number of nitrogens with zero attached hydrogens (tertiary/aromatic N) is 1. The van der Waals surface area contributed by atoms with Crippen molar-refractivity contribution in [2.45, 2.75) is 44.6 Å². The summed E-state index contributed by atoms with van der Waals surface area (Å²) in [7, 11) is -3.97. The lowest BCUT2D eigenvalue weighted by Gasteiger charge is -2.26. The molecule has 0 saturated carbocycles. The van der Waals surface area contributed by atoms with Gasteiger partial charge in [0.05, 0.1) is 29.2 Å². The Bertz CT molecular complexity index is 1530. The molecule has 40 heavy (non-hydrogen) atoms. The van der Waals surface area contributed by atoms with E-state index >= 15 is 0 Å². The number of rotatable bonds is 10. The highest BCUT2D eigenvalue weighted by molar-refractivity contribution is 7.92. The molecule has 6 nitrogen and oxygen atoms in total. The van der Waals surface area contributed by atoms with Gasteiger partial charge in [-0.15, -0.1) is 0 Å². The van der Waals surface area contributed by atoms with E-state index in [1.165, 1.54) is 9.87 Å². The van der Waals surface area contributed by atoms with Gasteiger partial charge in [-0.1, -0.05) is 93.1 Å². The zero-order chi connectivity index (χ0) is 28.8. The van der Waals surface area contributed by atoms with E-state index in [0.717, 1.165) is 16.9 Å². The van der Waals surface area contributed by atoms with Crippen LogP contribution in [-0.2, 0) is 22.0 Å². The summed E-state index contributed by atoms with van der Waals surface area (Å²) < 4.78 is 34.9. The monoisotopic (exact) mass is 556 g/mol. The Labute approximate surface area is 237 Å². The molecule has 0 bridgehead atoms. The molecule has 0 aliphatic heterocycles. The molecular formula is C33H36N2O4S. The maximum Gasteiger partial charge on any atom is 0.264 e. The van der Waals surface area contributed by atoms with Crippen molar-refractivity contribution >= 4 is 21.6 Å². The van der Waals surface area contributed by atoms with Crippen molar-refractivity contribution in [3.8, 4) is 5.75 Å². The number of aryl methyl sites for hydroxylation is 1. The Hall–Kier alpha value is -4.10. The van der Waals surface area contributed by atoms with Gasteiger partial charge in [0.25, 0.3) is 15.9 Å². The minimum absolute atomic E-state index is 0.0568. The summed E-state index contributed by atoms with van der Waals surface area (Å²) in [5, 5.41) is 2.88. The highest BCUT2D eigenvalue weighted by Gasteiger charge is 2.28. The van der Waals surface area contributed by atoms with Gasteiger partial charge < -0.3 is 10.1 Å². The van der Waals surface area contributed by atoms with Crippen molar-refractivity contribution in [1.82, 2.24) is 5.32 Å². The quantitative estimate of drug-likeness (QED) is 0.226. The summed E-state index contributed by atoms with van der Waals surface area (Å²) in [6, 6.07) is 30.8. The van der Waals surface area contributed by atoms with Gasteiger partial charge in [-0.25, -0.2) is 8.42 Å². The van der Waals surface area contributed by atoms with Crippen LogP contribution in [0.5, 0.6) is 5.75 Å². The lowest BCUT2D eigenvalue weighted by atomic mass is 9.87. The van der Waals surface area contributed by atoms with Crippen LogP contribution in [0.3, 0.4) is 0 Å². The number of carbonyl (C=O) groups excluding carboxylic acids is 1. The van der Waals surface area contributed by atoms with Crippen LogP contribution >= 0.6 is 0 Å². The number of ether oxygens (including phenoxy) is 1. The van der Waals surface area contributed by atoms with E-state index in [1.54, 1.807) is 48.5 Å². The average Bonchev–Trinajstić information content (AvgIpc) is 2.94. The summed E-state index contributed by atoms with van der Waals surface area (Å²) in [5.41, 5.74) is 3.61. The smallest absolute Gasteiger partial charge is 0.264 e. The lowest BCUT2D eigenvalue weighted by Crippen LogP contribution is -2.34. The van der Waals surface area contributed by atoms with E-state index < -0.39 is 10.0 Å². The maximum absolute atomic E-state index is 13.9. The minimum Gasteiger partial charge on any atom is -0.492 e. The molecule has 4 rings (SSSR count). The van der Waals surface area contributed by atoms with Crippen molar-refractivity contribution in [2.75, 3.05) is 17.5 Å². The van der Waals surface area contributed by atoms with Gasteiger partial charge in [0.15, 0.2) is 0 Å². The Morgan fingerprint density at radius 2 is 1.45 bits per heavy atom. The van der Waals surface area contributed by atoms with Gasteiger partial charge in [0, 0.05) is 0 Å². The molecule has 0 atom stereocenters. The molecule has 4 aromatic rings. The number of amides is 1. The topological polar surface area (TPSA) is 75.7 Å². The molecule has 7 heteroatoms. The molecule has 0 unspecified atom stereocenters. The first kappa shape index (κ1) is 28.9. The predicted octanol–water partition coefficient (Wildman–Crippen LogP) is 6.50. The summed E-state index contributed by atoms with van der Waals surface area (Å²) in [6.45, 7) is 8.99. The van der Waals surface area contributed by atoms with Crippen LogP contribution < -0.4 is 14.4 Å². The molecule has 0 fully saturated rings. The van der Waals surface area contributed by atoms with Gasteiger partial charge >= 0.3 is 0 Å². The normalized spacial score (nSPS) is 11.6. The molecule has 0 saturated heterocycles. The van der Waals surface area contributed by atoms with Crippen LogP contribution in [0.2, 0.25) is 0 Å². The lowest BCUT2D eigenvalue weighted by molar-refractivity contribution is 0.0947. The number of benzene rings is 4. The van der Waals surface area contributed by atoms with E-state index in [9.17, 15) is 13.2 Å². The van der Waals surface area contributed by atoms with Crippen LogP contribution in [0.4, 0.5) is 5.69 Å². The van der Waals surface area contributed by atoms with E-state index in [2.05, 4.69) is 26.1 Å². The number of hydrogen-bond donors (Lipinski definition) is 1. The van der Waals surface area contributed by atoms with Crippen molar-refractivity contribution in [3.63, 3.8) is 0 Å². The van der Waals surface area contributed by atoms with E-state index in [1.807, 2.05) is 61.5 Å². The van der Waals surface area contributed by atoms with Crippen molar-refractivity contribution in [3.05, 3.63) is 125 Å². The van der Waals surface area contributed by atoms with Gasteiger partial charge in [-0.05, 0) is 59.9 Å². The van der Waals surface area contributed by atoms with Crippen molar-refractivity contribution in [2.24, 2.45) is 0 Å². The highest BCUT2D eigenvalue weighted by atomic mass is 32.2. The fourth-order valence-electron chi connectivity index (χ4n) is 4.25. The predicted molar refractivity (Wildman–Crippen MR) is 160 cm³/mol. The summed E-state index contributed by atoms with van der Waals surface area (Å²) in [6.07, 6.45) is 0. The number of anilines is 1. The zero-order valence-corrected chi connectivity index (χ0v) is 24.2. The number of hydrogen-bond acceptors (Lipinski definition) is 4. The molecule has 1 N–H and O–H groups in total. The molecule has 0 aromatic heterocycles. The fraction of sp³-hybridized carbons (Fsp3) is 0.242. The summed E-state index contributed by atoms with van der Waals surface area (Å²) >= 11 is 0. The van der Waals surface area contributed by atoms with E-state index in [0.29, 0.717) is 5.69 Å². The Morgan fingerprint density at radius 1 is 0.825 bits per heavy atom. The third kappa shape index (κ3) is 7.10.